The smallest absolute Gasteiger partial charge is 0.244 e. The van der Waals surface area contributed by atoms with E-state index in [1.807, 2.05) is 39.0 Å². The molecule has 8 heteroatoms. The van der Waals surface area contributed by atoms with Gasteiger partial charge in [-0.3, -0.25) is 9.10 Å². The predicted octanol–water partition coefficient (Wildman–Crippen LogP) is 3.71. The number of nitrogens with one attached hydrogen (secondary N) is 1. The van der Waals surface area contributed by atoms with Gasteiger partial charge in [0, 0.05) is 12.0 Å². The standard InChI is InChI=1S/C22H27FN2O4S/c1-14-9-10-18-19(13-22(3,4)29-20(18)11-14)24-21(26)15(2)25(30(5,27)28)17-8-6-7-16(23)12-17/h6-12,15,19H,13H2,1-5H3,(H,24,26)/t15-,19+/m1/s1. The second-order valence-corrected chi connectivity index (χ2v) is 10.2. The van der Waals surface area contributed by atoms with Gasteiger partial charge in [0.05, 0.1) is 18.0 Å². The zero-order valence-corrected chi connectivity index (χ0v) is 18.6. The summed E-state index contributed by atoms with van der Waals surface area (Å²) >= 11 is 0. The Hall–Kier alpha value is -2.61. The number of carbonyl (C=O) groups is 1. The van der Waals surface area contributed by atoms with E-state index in [2.05, 4.69) is 5.32 Å². The van der Waals surface area contributed by atoms with E-state index in [0.717, 1.165) is 27.8 Å². The number of benzene rings is 2. The third-order valence-electron chi connectivity index (χ3n) is 5.09. The Morgan fingerprint density at radius 3 is 2.60 bits per heavy atom. The molecule has 0 saturated carbocycles. The number of ether oxygens (including phenoxy) is 1. The largest absolute Gasteiger partial charge is 0.487 e. The average molecular weight is 435 g/mol. The zero-order valence-electron chi connectivity index (χ0n) is 17.8. The van der Waals surface area contributed by atoms with Crippen molar-refractivity contribution in [1.82, 2.24) is 5.32 Å². The Balaban J connectivity index is 1.91. The molecular weight excluding hydrogens is 407 g/mol. The van der Waals surface area contributed by atoms with Crippen LogP contribution in [0, 0.1) is 12.7 Å². The summed E-state index contributed by atoms with van der Waals surface area (Å²) in [6.07, 6.45) is 1.53. The SMILES string of the molecule is Cc1ccc2c(c1)OC(C)(C)C[C@@H]2NC(=O)[C@@H](C)N(c1cccc(F)c1)S(C)(=O)=O. The fourth-order valence-corrected chi connectivity index (χ4v) is 4.97. The number of hydrogen-bond donors (Lipinski definition) is 1. The van der Waals surface area contributed by atoms with Crippen LogP contribution in [-0.2, 0) is 14.8 Å². The minimum atomic E-state index is -3.83. The van der Waals surface area contributed by atoms with Crippen LogP contribution in [0.3, 0.4) is 0 Å². The summed E-state index contributed by atoms with van der Waals surface area (Å²) < 4.78 is 45.5. The molecule has 162 valence electrons. The van der Waals surface area contributed by atoms with Gasteiger partial charge in [-0.15, -0.1) is 0 Å². The van der Waals surface area contributed by atoms with Crippen LogP contribution in [0.2, 0.25) is 0 Å². The maximum atomic E-state index is 13.7. The van der Waals surface area contributed by atoms with Gasteiger partial charge in [-0.25, -0.2) is 12.8 Å². The van der Waals surface area contributed by atoms with E-state index in [1.165, 1.54) is 25.1 Å². The molecule has 6 nitrogen and oxygen atoms in total. The third kappa shape index (κ3) is 4.75. The van der Waals surface area contributed by atoms with Crippen molar-refractivity contribution >= 4 is 21.6 Å². The molecule has 2 aromatic carbocycles. The highest BCUT2D eigenvalue weighted by Gasteiger charge is 2.37. The van der Waals surface area contributed by atoms with Crippen molar-refractivity contribution in [2.24, 2.45) is 0 Å². The summed E-state index contributed by atoms with van der Waals surface area (Å²) in [5.74, 6) is -0.350. The third-order valence-corrected chi connectivity index (χ3v) is 6.34. The maximum Gasteiger partial charge on any atom is 0.244 e. The van der Waals surface area contributed by atoms with Crippen molar-refractivity contribution in [1.29, 1.82) is 0 Å². The van der Waals surface area contributed by atoms with Crippen LogP contribution in [-0.4, -0.2) is 32.2 Å². The number of rotatable bonds is 5. The molecule has 0 saturated heterocycles. The first kappa shape index (κ1) is 22.1. The number of nitrogens with zero attached hydrogens (tertiary/aromatic N) is 1. The van der Waals surface area contributed by atoms with Crippen LogP contribution >= 0.6 is 0 Å². The molecule has 0 fully saturated rings. The molecule has 2 aromatic rings. The van der Waals surface area contributed by atoms with Crippen molar-refractivity contribution < 1.29 is 22.3 Å². The number of hydrogen-bond acceptors (Lipinski definition) is 4. The number of amides is 1. The monoisotopic (exact) mass is 434 g/mol. The van der Waals surface area contributed by atoms with E-state index >= 15 is 0 Å². The highest BCUT2D eigenvalue weighted by Crippen LogP contribution is 2.40. The van der Waals surface area contributed by atoms with Crippen LogP contribution in [0.1, 0.15) is 44.4 Å². The molecule has 3 rings (SSSR count). The lowest BCUT2D eigenvalue weighted by molar-refractivity contribution is -0.123. The molecule has 1 N–H and O–H groups in total. The highest BCUT2D eigenvalue weighted by atomic mass is 32.2. The van der Waals surface area contributed by atoms with E-state index in [1.54, 1.807) is 0 Å². The van der Waals surface area contributed by atoms with Crippen LogP contribution in [0.15, 0.2) is 42.5 Å². The number of sulfonamides is 1. The van der Waals surface area contributed by atoms with Gasteiger partial charge < -0.3 is 10.1 Å². The Morgan fingerprint density at radius 1 is 1.27 bits per heavy atom. The minimum absolute atomic E-state index is 0.100. The van der Waals surface area contributed by atoms with E-state index in [-0.39, 0.29) is 11.7 Å². The van der Waals surface area contributed by atoms with Crippen LogP contribution in [0.4, 0.5) is 10.1 Å². The summed E-state index contributed by atoms with van der Waals surface area (Å²) in [7, 11) is -3.83. The first-order chi connectivity index (χ1) is 13.9. The lowest BCUT2D eigenvalue weighted by atomic mass is 9.89. The molecule has 1 amide bonds. The fraction of sp³-hybridized carbons (Fsp3) is 0.409. The van der Waals surface area contributed by atoms with E-state index in [4.69, 9.17) is 4.74 Å². The molecule has 1 aliphatic heterocycles. The topological polar surface area (TPSA) is 75.7 Å². The molecule has 0 aliphatic carbocycles. The Morgan fingerprint density at radius 2 is 1.97 bits per heavy atom. The lowest BCUT2D eigenvalue weighted by Gasteiger charge is -2.39. The van der Waals surface area contributed by atoms with Gasteiger partial charge in [-0.1, -0.05) is 18.2 Å². The van der Waals surface area contributed by atoms with Gasteiger partial charge in [0.25, 0.3) is 0 Å². The summed E-state index contributed by atoms with van der Waals surface area (Å²) in [6.45, 7) is 7.33. The molecule has 0 radical (unpaired) electrons. The molecule has 1 aliphatic rings. The fourth-order valence-electron chi connectivity index (χ4n) is 3.80. The van der Waals surface area contributed by atoms with Crippen LogP contribution < -0.4 is 14.4 Å². The minimum Gasteiger partial charge on any atom is -0.487 e. The molecule has 0 bridgehead atoms. The van der Waals surface area contributed by atoms with Gasteiger partial charge in [0.1, 0.15) is 23.2 Å². The van der Waals surface area contributed by atoms with Crippen molar-refractivity contribution in [3.05, 3.63) is 59.4 Å². The molecule has 2 atom stereocenters. The molecule has 0 unspecified atom stereocenters. The van der Waals surface area contributed by atoms with Crippen molar-refractivity contribution in [3.63, 3.8) is 0 Å². The van der Waals surface area contributed by atoms with Crippen LogP contribution in [0.25, 0.3) is 0 Å². The summed E-state index contributed by atoms with van der Waals surface area (Å²) in [5, 5.41) is 2.97. The number of aryl methyl sites for hydroxylation is 1. The van der Waals surface area contributed by atoms with Crippen molar-refractivity contribution in [2.75, 3.05) is 10.6 Å². The average Bonchev–Trinajstić information content (AvgIpc) is 2.59. The normalized spacial score (nSPS) is 18.7. The first-order valence-electron chi connectivity index (χ1n) is 9.72. The molecule has 1 heterocycles. The summed E-state index contributed by atoms with van der Waals surface area (Å²) in [5.41, 5.74) is 1.49. The number of carbonyl (C=O) groups excluding carboxylic acids is 1. The molecular formula is C22H27FN2O4S. The van der Waals surface area contributed by atoms with Gasteiger partial charge >= 0.3 is 0 Å². The Bertz CT molecular complexity index is 1070. The van der Waals surface area contributed by atoms with Crippen molar-refractivity contribution in [2.45, 2.75) is 51.8 Å². The summed E-state index contributed by atoms with van der Waals surface area (Å²) in [6, 6.07) is 9.56. The molecule has 0 aromatic heterocycles. The quantitative estimate of drug-likeness (QED) is 0.779. The van der Waals surface area contributed by atoms with E-state index < -0.39 is 33.4 Å². The predicted molar refractivity (Wildman–Crippen MR) is 115 cm³/mol. The molecule has 30 heavy (non-hydrogen) atoms. The van der Waals surface area contributed by atoms with Gasteiger partial charge in [0.15, 0.2) is 0 Å². The lowest BCUT2D eigenvalue weighted by Crippen LogP contribution is -2.50. The van der Waals surface area contributed by atoms with E-state index in [0.29, 0.717) is 12.2 Å². The zero-order chi connectivity index (χ0) is 22.3. The van der Waals surface area contributed by atoms with Crippen molar-refractivity contribution in [3.8, 4) is 5.75 Å². The van der Waals surface area contributed by atoms with Crippen LogP contribution in [0.5, 0.6) is 5.75 Å². The second-order valence-electron chi connectivity index (χ2n) is 8.38. The molecule has 0 spiro atoms. The van der Waals surface area contributed by atoms with E-state index in [9.17, 15) is 17.6 Å². The maximum absolute atomic E-state index is 13.7. The number of halogens is 1. The van der Waals surface area contributed by atoms with Gasteiger partial charge in [-0.05, 0) is 57.5 Å². The second kappa shape index (κ2) is 7.91. The number of anilines is 1. The Labute approximate surface area is 177 Å². The first-order valence-corrected chi connectivity index (χ1v) is 11.6. The Kier molecular flexibility index (Phi) is 5.82. The number of fused-ring (bicyclic) bond motifs is 1. The van der Waals surface area contributed by atoms with Gasteiger partial charge in [-0.2, -0.15) is 0 Å². The highest BCUT2D eigenvalue weighted by molar-refractivity contribution is 7.92. The summed E-state index contributed by atoms with van der Waals surface area (Å²) in [4.78, 5) is 13.1. The van der Waals surface area contributed by atoms with Gasteiger partial charge in [0.2, 0.25) is 15.9 Å².